The monoisotopic (exact) mass is 538 g/mol. The van der Waals surface area contributed by atoms with Crippen LogP contribution >= 0.6 is 23.2 Å². The van der Waals surface area contributed by atoms with E-state index in [4.69, 9.17) is 27.9 Å². The van der Waals surface area contributed by atoms with E-state index in [0.717, 1.165) is 36.8 Å². The Morgan fingerprint density at radius 2 is 1.54 bits per heavy atom. The number of rotatable bonds is 10. The molecule has 1 fully saturated rings. The second-order valence-corrected chi connectivity index (χ2v) is 10.3. The molecule has 194 valence electrons. The van der Waals surface area contributed by atoms with Gasteiger partial charge in [0, 0.05) is 29.1 Å². The van der Waals surface area contributed by atoms with E-state index in [1.54, 1.807) is 35.2 Å². The molecule has 4 rings (SSSR count). The number of amides is 2. The van der Waals surface area contributed by atoms with E-state index < -0.39 is 6.04 Å². The molecule has 2 amide bonds. The van der Waals surface area contributed by atoms with E-state index in [-0.39, 0.29) is 31.0 Å². The Bertz CT molecular complexity index is 1180. The molecule has 37 heavy (non-hydrogen) atoms. The lowest BCUT2D eigenvalue weighted by atomic mass is 9.94. The molecule has 0 aromatic heterocycles. The number of carbonyl (C=O) groups is 2. The van der Waals surface area contributed by atoms with Crippen LogP contribution in [0.15, 0.2) is 78.9 Å². The molecule has 0 aliphatic heterocycles. The predicted molar refractivity (Wildman–Crippen MR) is 148 cm³/mol. The van der Waals surface area contributed by atoms with Crippen LogP contribution in [0, 0.1) is 0 Å². The Hall–Kier alpha value is -3.02. The number of hydrogen-bond acceptors (Lipinski definition) is 3. The third-order valence-electron chi connectivity index (χ3n) is 6.62. The number of hydrogen-bond donors (Lipinski definition) is 1. The van der Waals surface area contributed by atoms with Crippen LogP contribution in [0.5, 0.6) is 5.75 Å². The number of nitrogens with zero attached hydrogens (tertiary/aromatic N) is 1. The first kappa shape index (κ1) is 27.0. The SMILES string of the molecule is O=C(NC1CCCCC1)[C@H](Cc1ccccc1)N(Cc1cccc(Cl)c1)C(=O)COc1cccc(Cl)c1. The molecule has 1 atom stereocenters. The molecule has 3 aromatic carbocycles. The average Bonchev–Trinajstić information content (AvgIpc) is 2.90. The van der Waals surface area contributed by atoms with Crippen LogP contribution in [-0.4, -0.2) is 35.4 Å². The van der Waals surface area contributed by atoms with Crippen molar-refractivity contribution in [3.63, 3.8) is 0 Å². The van der Waals surface area contributed by atoms with Gasteiger partial charge in [0.05, 0.1) is 0 Å². The van der Waals surface area contributed by atoms with Gasteiger partial charge in [-0.2, -0.15) is 0 Å². The van der Waals surface area contributed by atoms with Gasteiger partial charge in [-0.15, -0.1) is 0 Å². The van der Waals surface area contributed by atoms with Gasteiger partial charge in [-0.1, -0.05) is 91.0 Å². The summed E-state index contributed by atoms with van der Waals surface area (Å²) in [4.78, 5) is 29.0. The zero-order valence-electron chi connectivity index (χ0n) is 20.7. The van der Waals surface area contributed by atoms with Crippen molar-refractivity contribution in [2.45, 2.75) is 57.2 Å². The summed E-state index contributed by atoms with van der Waals surface area (Å²) in [5.74, 6) is 0.0587. The largest absolute Gasteiger partial charge is 0.484 e. The van der Waals surface area contributed by atoms with Gasteiger partial charge in [-0.3, -0.25) is 9.59 Å². The fraction of sp³-hybridized carbons (Fsp3) is 0.333. The van der Waals surface area contributed by atoms with E-state index in [2.05, 4.69) is 5.32 Å². The average molecular weight is 540 g/mol. The van der Waals surface area contributed by atoms with Crippen molar-refractivity contribution in [2.75, 3.05) is 6.61 Å². The molecule has 0 bridgehead atoms. The van der Waals surface area contributed by atoms with Gasteiger partial charge in [0.15, 0.2) is 6.61 Å². The molecule has 7 heteroatoms. The highest BCUT2D eigenvalue weighted by Gasteiger charge is 2.32. The summed E-state index contributed by atoms with van der Waals surface area (Å²) in [6.07, 6.45) is 5.72. The molecule has 0 spiro atoms. The van der Waals surface area contributed by atoms with Gasteiger partial charge in [0.1, 0.15) is 11.8 Å². The van der Waals surface area contributed by atoms with E-state index in [9.17, 15) is 9.59 Å². The predicted octanol–water partition coefficient (Wildman–Crippen LogP) is 6.46. The highest BCUT2D eigenvalue weighted by atomic mass is 35.5. The minimum absolute atomic E-state index is 0.130. The summed E-state index contributed by atoms with van der Waals surface area (Å²) in [5.41, 5.74) is 1.82. The molecule has 0 saturated heterocycles. The summed E-state index contributed by atoms with van der Waals surface area (Å²) in [7, 11) is 0. The van der Waals surface area contributed by atoms with Crippen LogP contribution in [0.25, 0.3) is 0 Å². The first-order valence-corrected chi connectivity index (χ1v) is 13.5. The zero-order valence-corrected chi connectivity index (χ0v) is 22.3. The first-order chi connectivity index (χ1) is 18.0. The maximum absolute atomic E-state index is 13.7. The molecule has 1 saturated carbocycles. The molecule has 1 N–H and O–H groups in total. The van der Waals surface area contributed by atoms with E-state index in [0.29, 0.717) is 22.2 Å². The van der Waals surface area contributed by atoms with Gasteiger partial charge in [-0.05, 0) is 54.3 Å². The molecular weight excluding hydrogens is 507 g/mol. The fourth-order valence-corrected chi connectivity index (χ4v) is 5.11. The lowest BCUT2D eigenvalue weighted by Crippen LogP contribution is -2.53. The zero-order chi connectivity index (χ0) is 26.0. The molecule has 5 nitrogen and oxygen atoms in total. The third-order valence-corrected chi connectivity index (χ3v) is 7.09. The topological polar surface area (TPSA) is 58.6 Å². The smallest absolute Gasteiger partial charge is 0.261 e. The van der Waals surface area contributed by atoms with Crippen LogP contribution in [-0.2, 0) is 22.6 Å². The lowest BCUT2D eigenvalue weighted by molar-refractivity contribution is -0.143. The van der Waals surface area contributed by atoms with Crippen molar-refractivity contribution in [2.24, 2.45) is 0 Å². The van der Waals surface area contributed by atoms with Gasteiger partial charge in [0.25, 0.3) is 5.91 Å². The van der Waals surface area contributed by atoms with Crippen LogP contribution < -0.4 is 10.1 Å². The molecule has 0 unspecified atom stereocenters. The minimum Gasteiger partial charge on any atom is -0.484 e. The number of halogens is 2. The summed E-state index contributed by atoms with van der Waals surface area (Å²) < 4.78 is 5.79. The van der Waals surface area contributed by atoms with Crippen molar-refractivity contribution in [3.05, 3.63) is 100 Å². The summed E-state index contributed by atoms with van der Waals surface area (Å²) in [6, 6.07) is 23.5. The number of carbonyl (C=O) groups excluding carboxylic acids is 2. The second-order valence-electron chi connectivity index (χ2n) is 9.45. The minimum atomic E-state index is -0.709. The van der Waals surface area contributed by atoms with Crippen molar-refractivity contribution >= 4 is 35.0 Å². The van der Waals surface area contributed by atoms with E-state index in [1.807, 2.05) is 48.5 Å². The summed E-state index contributed by atoms with van der Waals surface area (Å²) in [5, 5.41) is 4.33. The summed E-state index contributed by atoms with van der Waals surface area (Å²) >= 11 is 12.3. The second kappa shape index (κ2) is 13.5. The Morgan fingerprint density at radius 3 is 2.24 bits per heavy atom. The molecule has 1 aliphatic rings. The lowest BCUT2D eigenvalue weighted by Gasteiger charge is -2.33. The molecule has 0 radical (unpaired) electrons. The van der Waals surface area contributed by atoms with Crippen molar-refractivity contribution in [1.82, 2.24) is 10.2 Å². The standard InChI is InChI=1S/C30H32Cl2N2O3/c31-24-12-7-11-23(17-24)20-34(29(35)21-37-27-16-8-13-25(32)19-27)28(18-22-9-3-1-4-10-22)30(36)33-26-14-5-2-6-15-26/h1,3-4,7-13,16-17,19,26,28H,2,5-6,14-15,18,20-21H2,(H,33,36)/t28-/m0/s1. The number of benzene rings is 3. The van der Waals surface area contributed by atoms with E-state index in [1.165, 1.54) is 6.42 Å². The summed E-state index contributed by atoms with van der Waals surface area (Å²) in [6.45, 7) is 0.0107. The Morgan fingerprint density at radius 1 is 0.865 bits per heavy atom. The maximum Gasteiger partial charge on any atom is 0.261 e. The van der Waals surface area contributed by atoms with Crippen LogP contribution in [0.2, 0.25) is 10.0 Å². The highest BCUT2D eigenvalue weighted by Crippen LogP contribution is 2.22. The normalized spacial score (nSPS) is 14.5. The van der Waals surface area contributed by atoms with Gasteiger partial charge in [-0.25, -0.2) is 0 Å². The van der Waals surface area contributed by atoms with Crippen molar-refractivity contribution in [3.8, 4) is 5.75 Å². The molecule has 1 aliphatic carbocycles. The number of nitrogens with one attached hydrogen (secondary N) is 1. The quantitative estimate of drug-likeness (QED) is 0.322. The van der Waals surface area contributed by atoms with Gasteiger partial charge < -0.3 is 15.0 Å². The maximum atomic E-state index is 13.7. The first-order valence-electron chi connectivity index (χ1n) is 12.7. The van der Waals surface area contributed by atoms with Crippen LogP contribution in [0.1, 0.15) is 43.2 Å². The van der Waals surface area contributed by atoms with E-state index >= 15 is 0 Å². The third kappa shape index (κ3) is 8.24. The molecular formula is C30H32Cl2N2O3. The van der Waals surface area contributed by atoms with Crippen molar-refractivity contribution in [1.29, 1.82) is 0 Å². The van der Waals surface area contributed by atoms with Gasteiger partial charge in [0.2, 0.25) is 5.91 Å². The molecule has 3 aromatic rings. The van der Waals surface area contributed by atoms with Gasteiger partial charge >= 0.3 is 0 Å². The Balaban J connectivity index is 1.61. The van der Waals surface area contributed by atoms with Crippen LogP contribution in [0.4, 0.5) is 0 Å². The molecule has 0 heterocycles. The Kier molecular flexibility index (Phi) is 9.86. The Labute approximate surface area is 228 Å². The fourth-order valence-electron chi connectivity index (χ4n) is 4.72. The number of ether oxygens (including phenoxy) is 1. The highest BCUT2D eigenvalue weighted by molar-refractivity contribution is 6.30. The van der Waals surface area contributed by atoms with Crippen LogP contribution in [0.3, 0.4) is 0 Å². The van der Waals surface area contributed by atoms with Crippen molar-refractivity contribution < 1.29 is 14.3 Å².